The first-order chi connectivity index (χ1) is 9.65. The number of carbonyl (C=O) groups is 1. The Labute approximate surface area is 122 Å². The highest BCUT2D eigenvalue weighted by atomic mass is 35.5. The second-order valence-electron chi connectivity index (χ2n) is 4.02. The van der Waals surface area contributed by atoms with Crippen molar-refractivity contribution >= 4 is 23.1 Å². The monoisotopic (exact) mass is 282 g/mol. The number of allylic oxidation sites excluding steroid dienone is 1. The molecule has 2 nitrogen and oxygen atoms in total. The highest BCUT2D eigenvalue weighted by Crippen LogP contribution is 2.15. The molecule has 0 saturated heterocycles. The number of aliphatic hydroxyl groups excluding tert-OH is 1. The Hall–Kier alpha value is -2.50. The van der Waals surface area contributed by atoms with Gasteiger partial charge in [0.25, 0.3) is 0 Å². The van der Waals surface area contributed by atoms with Crippen LogP contribution < -0.4 is 0 Å². The van der Waals surface area contributed by atoms with Gasteiger partial charge < -0.3 is 5.11 Å². The van der Waals surface area contributed by atoms with E-state index in [1.54, 1.807) is 24.3 Å². The normalized spacial score (nSPS) is 10.6. The molecule has 2 aromatic rings. The summed E-state index contributed by atoms with van der Waals surface area (Å²) in [4.78, 5) is 11.6. The van der Waals surface area contributed by atoms with E-state index in [4.69, 9.17) is 11.6 Å². The van der Waals surface area contributed by atoms with Gasteiger partial charge in [0.15, 0.2) is 0 Å². The lowest BCUT2D eigenvalue weighted by atomic mass is 10.1. The Kier molecular flexibility index (Phi) is 4.60. The van der Waals surface area contributed by atoms with E-state index < -0.39 is 5.78 Å². The maximum Gasteiger partial charge on any atom is 0.232 e. The molecular weight excluding hydrogens is 272 g/mol. The van der Waals surface area contributed by atoms with Gasteiger partial charge in [-0.25, -0.2) is 0 Å². The predicted molar refractivity (Wildman–Crippen MR) is 80.4 cm³/mol. The van der Waals surface area contributed by atoms with Crippen LogP contribution in [-0.2, 0) is 4.79 Å². The van der Waals surface area contributed by atoms with E-state index in [1.807, 2.05) is 30.3 Å². The van der Waals surface area contributed by atoms with Gasteiger partial charge >= 0.3 is 0 Å². The maximum absolute atomic E-state index is 11.6. The fraction of sp³-hybridized carbons (Fsp3) is 0. The Balaban J connectivity index is 2.13. The molecule has 20 heavy (non-hydrogen) atoms. The van der Waals surface area contributed by atoms with Crippen LogP contribution in [0.25, 0.3) is 5.76 Å². The summed E-state index contributed by atoms with van der Waals surface area (Å²) < 4.78 is 0. The van der Waals surface area contributed by atoms with E-state index in [1.165, 1.54) is 0 Å². The van der Waals surface area contributed by atoms with E-state index in [-0.39, 0.29) is 5.76 Å². The molecule has 0 atom stereocenters. The molecule has 0 aliphatic heterocycles. The van der Waals surface area contributed by atoms with Crippen molar-refractivity contribution in [1.82, 2.24) is 0 Å². The van der Waals surface area contributed by atoms with E-state index >= 15 is 0 Å². The van der Waals surface area contributed by atoms with Gasteiger partial charge in [0.1, 0.15) is 5.76 Å². The van der Waals surface area contributed by atoms with E-state index in [0.29, 0.717) is 10.6 Å². The van der Waals surface area contributed by atoms with Crippen LogP contribution in [-0.4, -0.2) is 10.9 Å². The molecule has 0 saturated carbocycles. The van der Waals surface area contributed by atoms with Crippen LogP contribution in [0.3, 0.4) is 0 Å². The molecule has 0 radical (unpaired) electrons. The zero-order valence-corrected chi connectivity index (χ0v) is 11.3. The largest absolute Gasteiger partial charge is 0.507 e. The van der Waals surface area contributed by atoms with Gasteiger partial charge in [-0.15, -0.1) is 0 Å². The van der Waals surface area contributed by atoms with Gasteiger partial charge in [0.05, 0.1) is 0 Å². The number of hydrogen-bond donors (Lipinski definition) is 1. The minimum absolute atomic E-state index is 0.131. The molecule has 2 aromatic carbocycles. The predicted octanol–water partition coefficient (Wildman–Crippen LogP) is 3.86. The third-order valence-electron chi connectivity index (χ3n) is 2.51. The van der Waals surface area contributed by atoms with Crippen molar-refractivity contribution in [1.29, 1.82) is 0 Å². The summed E-state index contributed by atoms with van der Waals surface area (Å²) in [5, 5.41) is 10.4. The summed E-state index contributed by atoms with van der Waals surface area (Å²) in [7, 11) is 0. The Bertz CT molecular complexity index is 689. The van der Waals surface area contributed by atoms with Crippen LogP contribution in [0, 0.1) is 11.8 Å². The van der Waals surface area contributed by atoms with Crippen LogP contribution in [0.4, 0.5) is 0 Å². The van der Waals surface area contributed by atoms with Crippen LogP contribution in [0.5, 0.6) is 0 Å². The highest BCUT2D eigenvalue weighted by Gasteiger charge is 2.01. The second kappa shape index (κ2) is 6.60. The number of carbonyl (C=O) groups excluding carboxylic acids is 1. The molecule has 0 amide bonds. The van der Waals surface area contributed by atoms with Crippen molar-refractivity contribution in [2.45, 2.75) is 0 Å². The summed E-state index contributed by atoms with van der Waals surface area (Å²) in [6.07, 6.45) is 1.10. The summed E-state index contributed by atoms with van der Waals surface area (Å²) in [5.41, 5.74) is 1.27. The van der Waals surface area contributed by atoms with Crippen molar-refractivity contribution in [3.63, 3.8) is 0 Å². The van der Waals surface area contributed by atoms with Gasteiger partial charge in [0, 0.05) is 22.2 Å². The third kappa shape index (κ3) is 4.01. The zero-order chi connectivity index (χ0) is 14.4. The first-order valence-corrected chi connectivity index (χ1v) is 6.30. The van der Waals surface area contributed by atoms with Crippen LogP contribution in [0.15, 0.2) is 60.7 Å². The molecule has 0 unspecified atom stereocenters. The summed E-state index contributed by atoms with van der Waals surface area (Å²) in [5.74, 6) is 4.61. The van der Waals surface area contributed by atoms with Gasteiger partial charge in [-0.3, -0.25) is 4.79 Å². The lowest BCUT2D eigenvalue weighted by Gasteiger charge is -1.98. The fourth-order valence-electron chi connectivity index (χ4n) is 1.52. The van der Waals surface area contributed by atoms with Crippen LogP contribution in [0.1, 0.15) is 11.1 Å². The first kappa shape index (κ1) is 13.9. The number of ketones is 1. The summed E-state index contributed by atoms with van der Waals surface area (Å²) >= 11 is 5.75. The Morgan fingerprint density at radius 2 is 1.70 bits per heavy atom. The zero-order valence-electron chi connectivity index (χ0n) is 10.5. The quantitative estimate of drug-likeness (QED) is 0.516. The average molecular weight is 283 g/mol. The lowest BCUT2D eigenvalue weighted by Crippen LogP contribution is -1.91. The lowest BCUT2D eigenvalue weighted by molar-refractivity contribution is -0.109. The molecule has 98 valence electrons. The molecule has 2 rings (SSSR count). The van der Waals surface area contributed by atoms with E-state index in [0.717, 1.165) is 11.6 Å². The topological polar surface area (TPSA) is 37.3 Å². The summed E-state index contributed by atoms with van der Waals surface area (Å²) in [6, 6.07) is 15.7. The van der Waals surface area contributed by atoms with Crippen molar-refractivity contribution in [2.75, 3.05) is 0 Å². The number of benzene rings is 2. The average Bonchev–Trinajstić information content (AvgIpc) is 2.47. The minimum atomic E-state index is -0.457. The fourth-order valence-corrected chi connectivity index (χ4v) is 1.65. The van der Waals surface area contributed by atoms with Crippen molar-refractivity contribution in [3.05, 3.63) is 76.8 Å². The molecule has 0 aromatic heterocycles. The molecule has 0 aliphatic carbocycles. The van der Waals surface area contributed by atoms with Crippen molar-refractivity contribution < 1.29 is 9.90 Å². The molecular formula is C17H11ClO2. The van der Waals surface area contributed by atoms with Gasteiger partial charge in [-0.2, -0.15) is 0 Å². The number of halogens is 1. The van der Waals surface area contributed by atoms with E-state index in [9.17, 15) is 9.90 Å². The SMILES string of the molecule is O=C(C#Cc1ccccc1)/C=C(\O)c1ccc(Cl)cc1. The third-order valence-corrected chi connectivity index (χ3v) is 2.76. The van der Waals surface area contributed by atoms with Gasteiger partial charge in [0.2, 0.25) is 5.78 Å². The maximum atomic E-state index is 11.6. The molecule has 0 fully saturated rings. The molecule has 1 N–H and O–H groups in total. The number of hydrogen-bond acceptors (Lipinski definition) is 2. The van der Waals surface area contributed by atoms with Crippen LogP contribution in [0.2, 0.25) is 5.02 Å². The van der Waals surface area contributed by atoms with Gasteiger partial charge in [-0.1, -0.05) is 35.7 Å². The second-order valence-corrected chi connectivity index (χ2v) is 4.45. The molecule has 0 heterocycles. The minimum Gasteiger partial charge on any atom is -0.507 e. The molecule has 0 spiro atoms. The summed E-state index contributed by atoms with van der Waals surface area (Å²) in [6.45, 7) is 0. The molecule has 0 aliphatic rings. The molecule has 3 heteroatoms. The van der Waals surface area contributed by atoms with E-state index in [2.05, 4.69) is 11.8 Å². The highest BCUT2D eigenvalue weighted by molar-refractivity contribution is 6.30. The Morgan fingerprint density at radius 1 is 1.05 bits per heavy atom. The Morgan fingerprint density at radius 3 is 2.35 bits per heavy atom. The smallest absolute Gasteiger partial charge is 0.232 e. The standard InChI is InChI=1S/C17H11ClO2/c18-15-9-7-14(8-10-15)17(20)12-16(19)11-6-13-4-2-1-3-5-13/h1-5,7-10,12,20H/b17-12-. The molecule has 0 bridgehead atoms. The van der Waals surface area contributed by atoms with Crippen molar-refractivity contribution in [2.24, 2.45) is 0 Å². The first-order valence-electron chi connectivity index (χ1n) is 5.93. The van der Waals surface area contributed by atoms with Gasteiger partial charge in [-0.05, 0) is 42.3 Å². The van der Waals surface area contributed by atoms with Crippen molar-refractivity contribution in [3.8, 4) is 11.8 Å². The number of rotatable bonds is 2. The van der Waals surface area contributed by atoms with Crippen LogP contribution >= 0.6 is 11.6 Å². The number of aliphatic hydroxyl groups is 1.